The predicted octanol–water partition coefficient (Wildman–Crippen LogP) is 2.62. The van der Waals surface area contributed by atoms with Crippen LogP contribution in [0.2, 0.25) is 0 Å². The summed E-state index contributed by atoms with van der Waals surface area (Å²) in [4.78, 5) is 12.6. The molecule has 8 heteroatoms. The maximum atomic E-state index is 12.6. The van der Waals surface area contributed by atoms with Crippen molar-refractivity contribution in [2.45, 2.75) is 0 Å². The third kappa shape index (κ3) is 2.19. The lowest BCUT2D eigenvalue weighted by molar-refractivity contribution is 0.174. The quantitative estimate of drug-likeness (QED) is 0.736. The minimum absolute atomic E-state index is 0.0940. The highest BCUT2D eigenvalue weighted by Crippen LogP contribution is 2.49. The molecule has 26 heavy (non-hydrogen) atoms. The van der Waals surface area contributed by atoms with E-state index in [0.717, 1.165) is 0 Å². The molecule has 0 aliphatic carbocycles. The number of fused-ring (bicyclic) bond motifs is 2. The first-order chi connectivity index (χ1) is 12.5. The van der Waals surface area contributed by atoms with Crippen molar-refractivity contribution in [1.29, 1.82) is 0 Å². The zero-order valence-electron chi connectivity index (χ0n) is 13.9. The van der Waals surface area contributed by atoms with Crippen molar-refractivity contribution < 1.29 is 33.6 Å². The lowest BCUT2D eigenvalue weighted by Crippen LogP contribution is -2.03. The van der Waals surface area contributed by atoms with Gasteiger partial charge in [-0.2, -0.15) is 0 Å². The number of aromatic hydroxyl groups is 2. The van der Waals surface area contributed by atoms with Gasteiger partial charge >= 0.3 is 0 Å². The van der Waals surface area contributed by atoms with Crippen molar-refractivity contribution in [1.82, 2.24) is 0 Å². The molecule has 0 radical (unpaired) electrons. The summed E-state index contributed by atoms with van der Waals surface area (Å²) in [5.41, 5.74) is -0.0541. The van der Waals surface area contributed by atoms with E-state index >= 15 is 0 Å². The Morgan fingerprint density at radius 3 is 2.42 bits per heavy atom. The second-order valence-corrected chi connectivity index (χ2v) is 5.51. The molecule has 0 saturated heterocycles. The maximum Gasteiger partial charge on any atom is 0.231 e. The summed E-state index contributed by atoms with van der Waals surface area (Å²) >= 11 is 0. The van der Waals surface area contributed by atoms with Crippen LogP contribution >= 0.6 is 0 Å². The van der Waals surface area contributed by atoms with Crippen LogP contribution in [0.5, 0.6) is 34.5 Å². The van der Waals surface area contributed by atoms with E-state index < -0.39 is 16.9 Å². The van der Waals surface area contributed by atoms with E-state index in [9.17, 15) is 15.0 Å². The Hall–Kier alpha value is -3.55. The third-order valence-electron chi connectivity index (χ3n) is 4.10. The second kappa shape index (κ2) is 5.76. The van der Waals surface area contributed by atoms with E-state index in [1.807, 2.05) is 0 Å². The standard InChI is InChI=1S/C18H14O8/c1-22-17-14(20)13-9(19)6-11(26-16(13)18(23-2)15(17)21)8-3-4-10-12(5-8)25-7-24-10/h3-6,20-21H,7H2,1-2H3. The molecule has 8 nitrogen and oxygen atoms in total. The molecule has 0 bridgehead atoms. The second-order valence-electron chi connectivity index (χ2n) is 5.51. The molecule has 0 amide bonds. The van der Waals surface area contributed by atoms with E-state index in [1.165, 1.54) is 20.3 Å². The van der Waals surface area contributed by atoms with Gasteiger partial charge in [0.05, 0.1) is 14.2 Å². The van der Waals surface area contributed by atoms with Gasteiger partial charge in [0.2, 0.25) is 24.0 Å². The molecule has 1 aliphatic rings. The molecule has 2 N–H and O–H groups in total. The predicted molar refractivity (Wildman–Crippen MR) is 90.5 cm³/mol. The topological polar surface area (TPSA) is 108 Å². The van der Waals surface area contributed by atoms with Crippen LogP contribution in [0.1, 0.15) is 0 Å². The van der Waals surface area contributed by atoms with Gasteiger partial charge in [0.15, 0.2) is 28.3 Å². The molecule has 0 spiro atoms. The fraction of sp³-hybridized carbons (Fsp3) is 0.167. The van der Waals surface area contributed by atoms with Crippen LogP contribution in [-0.4, -0.2) is 31.2 Å². The zero-order chi connectivity index (χ0) is 18.4. The van der Waals surface area contributed by atoms with E-state index in [0.29, 0.717) is 17.1 Å². The molecule has 1 aliphatic heterocycles. The molecule has 134 valence electrons. The first-order valence-corrected chi connectivity index (χ1v) is 7.59. The molecule has 4 rings (SSSR count). The lowest BCUT2D eigenvalue weighted by Gasteiger charge is -2.13. The first kappa shape index (κ1) is 15.9. The van der Waals surface area contributed by atoms with Crippen LogP contribution in [0.4, 0.5) is 0 Å². The minimum Gasteiger partial charge on any atom is -0.504 e. The highest BCUT2D eigenvalue weighted by Gasteiger charge is 2.25. The molecule has 0 fully saturated rings. The van der Waals surface area contributed by atoms with Crippen LogP contribution in [0, 0.1) is 0 Å². The van der Waals surface area contributed by atoms with E-state index in [4.69, 9.17) is 23.4 Å². The van der Waals surface area contributed by atoms with Crippen LogP contribution < -0.4 is 24.4 Å². The van der Waals surface area contributed by atoms with Gasteiger partial charge in [0.1, 0.15) is 11.1 Å². The number of phenols is 2. The van der Waals surface area contributed by atoms with E-state index in [1.54, 1.807) is 18.2 Å². The fourth-order valence-electron chi connectivity index (χ4n) is 2.89. The van der Waals surface area contributed by atoms with Crippen molar-refractivity contribution >= 4 is 11.0 Å². The SMILES string of the molecule is COc1c(O)c(OC)c2oc(-c3ccc4c(c3)OCO4)cc(=O)c2c1O. The van der Waals surface area contributed by atoms with Crippen LogP contribution in [0.25, 0.3) is 22.3 Å². The largest absolute Gasteiger partial charge is 0.504 e. The Morgan fingerprint density at radius 1 is 0.962 bits per heavy atom. The van der Waals surface area contributed by atoms with E-state index in [2.05, 4.69) is 0 Å². The summed E-state index contributed by atoms with van der Waals surface area (Å²) in [6.45, 7) is 0.121. The monoisotopic (exact) mass is 358 g/mol. The number of methoxy groups -OCH3 is 2. The zero-order valence-corrected chi connectivity index (χ0v) is 13.9. The number of rotatable bonds is 3. The van der Waals surface area contributed by atoms with Gasteiger partial charge in [0.25, 0.3) is 0 Å². The number of hydrogen-bond donors (Lipinski definition) is 2. The summed E-state index contributed by atoms with van der Waals surface area (Å²) in [5.74, 6) is -0.0419. The maximum absolute atomic E-state index is 12.6. The van der Waals surface area contributed by atoms with Crippen LogP contribution in [0.15, 0.2) is 33.5 Å². The Kier molecular flexibility index (Phi) is 3.54. The fourth-order valence-corrected chi connectivity index (χ4v) is 2.89. The van der Waals surface area contributed by atoms with E-state index in [-0.39, 0.29) is 35.0 Å². The molecule has 2 heterocycles. The lowest BCUT2D eigenvalue weighted by atomic mass is 10.1. The smallest absolute Gasteiger partial charge is 0.231 e. The Bertz CT molecular complexity index is 1080. The van der Waals surface area contributed by atoms with Gasteiger partial charge in [-0.1, -0.05) is 0 Å². The van der Waals surface area contributed by atoms with Crippen molar-refractivity contribution in [3.63, 3.8) is 0 Å². The highest BCUT2D eigenvalue weighted by molar-refractivity contribution is 5.95. The Balaban J connectivity index is 2.01. The molecule has 3 aromatic rings. The number of ether oxygens (including phenoxy) is 4. The summed E-state index contributed by atoms with van der Waals surface area (Å²) in [7, 11) is 2.56. The van der Waals surface area contributed by atoms with Gasteiger partial charge in [-0.3, -0.25) is 4.79 Å². The molecule has 1 aromatic heterocycles. The summed E-state index contributed by atoms with van der Waals surface area (Å²) in [6.07, 6.45) is 0. The van der Waals surface area contributed by atoms with Crippen molar-refractivity contribution in [2.75, 3.05) is 21.0 Å². The van der Waals surface area contributed by atoms with Crippen molar-refractivity contribution in [3.8, 4) is 45.8 Å². The molecule has 0 saturated carbocycles. The average molecular weight is 358 g/mol. The Labute approximate surface area is 146 Å². The van der Waals surface area contributed by atoms with Crippen LogP contribution in [-0.2, 0) is 0 Å². The Morgan fingerprint density at radius 2 is 1.69 bits per heavy atom. The number of benzene rings is 2. The van der Waals surface area contributed by atoms with Crippen LogP contribution in [0.3, 0.4) is 0 Å². The number of phenolic OH excluding ortho intramolecular Hbond substituents is 2. The van der Waals surface area contributed by atoms with Crippen molar-refractivity contribution in [3.05, 3.63) is 34.5 Å². The number of hydrogen-bond acceptors (Lipinski definition) is 8. The third-order valence-corrected chi connectivity index (χ3v) is 4.10. The minimum atomic E-state index is -0.521. The molecule has 0 atom stereocenters. The summed E-state index contributed by atoms with van der Waals surface area (Å²) < 4.78 is 26.5. The van der Waals surface area contributed by atoms with Gasteiger partial charge in [-0.25, -0.2) is 0 Å². The van der Waals surface area contributed by atoms with Gasteiger partial charge < -0.3 is 33.6 Å². The molecule has 2 aromatic carbocycles. The molecular weight excluding hydrogens is 344 g/mol. The highest BCUT2D eigenvalue weighted by atomic mass is 16.7. The average Bonchev–Trinajstić information content (AvgIpc) is 3.09. The normalized spacial score (nSPS) is 12.4. The molecule has 0 unspecified atom stereocenters. The van der Waals surface area contributed by atoms with Gasteiger partial charge in [-0.15, -0.1) is 0 Å². The summed E-state index contributed by atoms with van der Waals surface area (Å²) in [5, 5.41) is 20.4. The van der Waals surface area contributed by atoms with Gasteiger partial charge in [0, 0.05) is 11.6 Å². The van der Waals surface area contributed by atoms with Crippen molar-refractivity contribution in [2.24, 2.45) is 0 Å². The first-order valence-electron chi connectivity index (χ1n) is 7.59. The molecular formula is C18H14O8. The van der Waals surface area contributed by atoms with Gasteiger partial charge in [-0.05, 0) is 18.2 Å². The summed E-state index contributed by atoms with van der Waals surface area (Å²) in [6, 6.07) is 6.30.